The van der Waals surface area contributed by atoms with Gasteiger partial charge in [-0.2, -0.15) is 0 Å². The van der Waals surface area contributed by atoms with E-state index in [0.29, 0.717) is 5.88 Å². The van der Waals surface area contributed by atoms with Crippen LogP contribution in [0.5, 0.6) is 5.75 Å². The largest absolute Gasteiger partial charge is 0.496 e. The molecule has 0 saturated carbocycles. The summed E-state index contributed by atoms with van der Waals surface area (Å²) < 4.78 is 5.30. The van der Waals surface area contributed by atoms with Gasteiger partial charge in [-0.05, 0) is 43.7 Å². The number of ether oxygens (including phenoxy) is 1. The molecule has 0 amide bonds. The van der Waals surface area contributed by atoms with E-state index in [2.05, 4.69) is 31.9 Å². The summed E-state index contributed by atoms with van der Waals surface area (Å²) in [7, 11) is 3.79. The van der Waals surface area contributed by atoms with Crippen molar-refractivity contribution in [1.82, 2.24) is 4.90 Å². The summed E-state index contributed by atoms with van der Waals surface area (Å²) in [4.78, 5) is 2.22. The molecule has 0 aliphatic rings. The van der Waals surface area contributed by atoms with Gasteiger partial charge in [0.2, 0.25) is 0 Å². The topological polar surface area (TPSA) is 12.5 Å². The van der Waals surface area contributed by atoms with Crippen LogP contribution in [-0.2, 0) is 6.54 Å². The Balaban J connectivity index is 2.86. The number of halogens is 1. The van der Waals surface area contributed by atoms with Crippen LogP contribution in [0.2, 0.25) is 0 Å². The van der Waals surface area contributed by atoms with E-state index < -0.39 is 0 Å². The van der Waals surface area contributed by atoms with E-state index in [0.717, 1.165) is 18.8 Å². The Morgan fingerprint density at radius 2 is 1.94 bits per heavy atom. The lowest BCUT2D eigenvalue weighted by atomic mass is 10.0. The smallest absolute Gasteiger partial charge is 0.122 e. The molecule has 0 atom stereocenters. The highest BCUT2D eigenvalue weighted by molar-refractivity contribution is 6.18. The maximum absolute atomic E-state index is 5.72. The molecule has 0 saturated heterocycles. The Kier molecular flexibility index (Phi) is 5.10. The first-order chi connectivity index (χ1) is 7.60. The van der Waals surface area contributed by atoms with Crippen molar-refractivity contribution in [3.8, 4) is 5.75 Å². The van der Waals surface area contributed by atoms with E-state index in [1.54, 1.807) is 7.11 Å². The van der Waals surface area contributed by atoms with Gasteiger partial charge in [0.1, 0.15) is 5.75 Å². The summed E-state index contributed by atoms with van der Waals surface area (Å²) in [6, 6.07) is 4.16. The zero-order valence-electron chi connectivity index (χ0n) is 10.5. The van der Waals surface area contributed by atoms with Gasteiger partial charge < -0.3 is 9.64 Å². The fraction of sp³-hybridized carbons (Fsp3) is 0.538. The van der Waals surface area contributed by atoms with Gasteiger partial charge in [-0.15, -0.1) is 11.6 Å². The average Bonchev–Trinajstić information content (AvgIpc) is 2.25. The number of benzene rings is 1. The van der Waals surface area contributed by atoms with Crippen molar-refractivity contribution in [3.63, 3.8) is 0 Å². The minimum atomic E-state index is 0.671. The molecule has 2 nitrogen and oxygen atoms in total. The lowest BCUT2D eigenvalue weighted by Gasteiger charge is -2.18. The van der Waals surface area contributed by atoms with Gasteiger partial charge in [0.25, 0.3) is 0 Å². The highest BCUT2D eigenvalue weighted by Crippen LogP contribution is 2.24. The summed E-state index contributed by atoms with van der Waals surface area (Å²) in [6.45, 7) is 6.08. The van der Waals surface area contributed by atoms with E-state index in [1.165, 1.54) is 16.7 Å². The van der Waals surface area contributed by atoms with Crippen LogP contribution in [0.4, 0.5) is 0 Å². The first kappa shape index (κ1) is 13.3. The van der Waals surface area contributed by atoms with Crippen LogP contribution in [0, 0.1) is 13.8 Å². The van der Waals surface area contributed by atoms with Gasteiger partial charge in [0.15, 0.2) is 0 Å². The van der Waals surface area contributed by atoms with Crippen LogP contribution in [-0.4, -0.2) is 31.5 Å². The maximum Gasteiger partial charge on any atom is 0.122 e. The number of hydrogen-bond donors (Lipinski definition) is 0. The monoisotopic (exact) mass is 241 g/mol. The number of rotatable bonds is 5. The Labute approximate surface area is 103 Å². The van der Waals surface area contributed by atoms with Gasteiger partial charge in [0, 0.05) is 19.0 Å². The number of hydrogen-bond acceptors (Lipinski definition) is 2. The molecule has 0 spiro atoms. The third kappa shape index (κ3) is 3.13. The molecular formula is C13H20ClNO. The highest BCUT2D eigenvalue weighted by atomic mass is 35.5. The molecular weight excluding hydrogens is 222 g/mol. The zero-order chi connectivity index (χ0) is 12.1. The van der Waals surface area contributed by atoms with E-state index in [1.807, 2.05) is 6.07 Å². The molecule has 0 fully saturated rings. The molecule has 0 N–H and O–H groups in total. The van der Waals surface area contributed by atoms with Crippen LogP contribution in [0.1, 0.15) is 16.7 Å². The predicted octanol–water partition coefficient (Wildman–Crippen LogP) is 2.98. The molecule has 0 radical (unpaired) electrons. The van der Waals surface area contributed by atoms with E-state index in [4.69, 9.17) is 16.3 Å². The van der Waals surface area contributed by atoms with Gasteiger partial charge in [-0.25, -0.2) is 0 Å². The van der Waals surface area contributed by atoms with Crippen molar-refractivity contribution in [2.45, 2.75) is 20.4 Å². The summed E-state index contributed by atoms with van der Waals surface area (Å²) in [6.07, 6.45) is 0. The lowest BCUT2D eigenvalue weighted by molar-refractivity contribution is 0.346. The van der Waals surface area contributed by atoms with Crippen molar-refractivity contribution in [2.75, 3.05) is 26.6 Å². The van der Waals surface area contributed by atoms with Crippen molar-refractivity contribution in [3.05, 3.63) is 28.8 Å². The second-order valence-electron chi connectivity index (χ2n) is 4.10. The Hall–Kier alpha value is -0.730. The molecule has 1 rings (SSSR count). The molecule has 0 heterocycles. The molecule has 90 valence electrons. The number of alkyl halides is 1. The molecule has 1 aromatic rings. The Bertz CT molecular complexity index is 352. The minimum Gasteiger partial charge on any atom is -0.496 e. The van der Waals surface area contributed by atoms with Gasteiger partial charge in [-0.3, -0.25) is 0 Å². The van der Waals surface area contributed by atoms with Crippen molar-refractivity contribution in [1.29, 1.82) is 0 Å². The number of methoxy groups -OCH3 is 1. The van der Waals surface area contributed by atoms with Crippen molar-refractivity contribution >= 4 is 11.6 Å². The minimum absolute atomic E-state index is 0.671. The quantitative estimate of drug-likeness (QED) is 0.735. The summed E-state index contributed by atoms with van der Waals surface area (Å²) in [5, 5.41) is 0. The van der Waals surface area contributed by atoms with E-state index in [9.17, 15) is 0 Å². The summed E-state index contributed by atoms with van der Waals surface area (Å²) in [5.41, 5.74) is 3.87. The third-order valence-electron chi connectivity index (χ3n) is 2.98. The predicted molar refractivity (Wildman–Crippen MR) is 69.5 cm³/mol. The summed E-state index contributed by atoms with van der Waals surface area (Å²) >= 11 is 5.72. The molecule has 0 aromatic heterocycles. The van der Waals surface area contributed by atoms with E-state index >= 15 is 0 Å². The third-order valence-corrected chi connectivity index (χ3v) is 3.15. The lowest BCUT2D eigenvalue weighted by Crippen LogP contribution is -2.20. The SMILES string of the molecule is COc1ccc(CN(C)CCCl)c(C)c1C. The standard InChI is InChI=1S/C13H20ClNO/c1-10-11(2)13(16-4)6-5-12(10)9-15(3)8-7-14/h5-6H,7-9H2,1-4H3. The van der Waals surface area contributed by atoms with E-state index in [-0.39, 0.29) is 0 Å². The van der Waals surface area contributed by atoms with Gasteiger partial charge in [-0.1, -0.05) is 6.07 Å². The normalized spacial score (nSPS) is 10.9. The van der Waals surface area contributed by atoms with Crippen LogP contribution < -0.4 is 4.74 Å². The Morgan fingerprint density at radius 3 is 2.50 bits per heavy atom. The fourth-order valence-corrected chi connectivity index (χ4v) is 2.05. The summed E-state index contributed by atoms with van der Waals surface area (Å²) in [5.74, 6) is 1.63. The molecule has 16 heavy (non-hydrogen) atoms. The number of nitrogens with zero attached hydrogens (tertiary/aromatic N) is 1. The molecule has 0 aliphatic carbocycles. The van der Waals surface area contributed by atoms with Gasteiger partial charge in [0.05, 0.1) is 7.11 Å². The molecule has 0 aliphatic heterocycles. The maximum atomic E-state index is 5.72. The second kappa shape index (κ2) is 6.12. The Morgan fingerprint density at radius 1 is 1.25 bits per heavy atom. The van der Waals surface area contributed by atoms with Gasteiger partial charge >= 0.3 is 0 Å². The van der Waals surface area contributed by atoms with Crippen LogP contribution >= 0.6 is 11.6 Å². The molecule has 1 aromatic carbocycles. The second-order valence-corrected chi connectivity index (χ2v) is 4.48. The van der Waals surface area contributed by atoms with Crippen molar-refractivity contribution in [2.24, 2.45) is 0 Å². The molecule has 3 heteroatoms. The first-order valence-electron chi connectivity index (χ1n) is 5.47. The van der Waals surface area contributed by atoms with Crippen LogP contribution in [0.3, 0.4) is 0 Å². The van der Waals surface area contributed by atoms with Crippen LogP contribution in [0.15, 0.2) is 12.1 Å². The first-order valence-corrected chi connectivity index (χ1v) is 6.01. The average molecular weight is 242 g/mol. The fourth-order valence-electron chi connectivity index (χ4n) is 1.76. The highest BCUT2D eigenvalue weighted by Gasteiger charge is 2.08. The zero-order valence-corrected chi connectivity index (χ0v) is 11.3. The van der Waals surface area contributed by atoms with Crippen LogP contribution in [0.25, 0.3) is 0 Å². The molecule has 0 bridgehead atoms. The van der Waals surface area contributed by atoms with Crippen molar-refractivity contribution < 1.29 is 4.74 Å². The molecule has 0 unspecified atom stereocenters.